The van der Waals surface area contributed by atoms with Crippen molar-refractivity contribution in [2.45, 2.75) is 31.6 Å². The first-order valence-electron chi connectivity index (χ1n) is 10.3. The van der Waals surface area contributed by atoms with E-state index in [-0.39, 0.29) is 10.7 Å². The number of benzene rings is 2. The number of anilines is 1. The van der Waals surface area contributed by atoms with Gasteiger partial charge in [-0.25, -0.2) is 8.42 Å². The van der Waals surface area contributed by atoms with E-state index < -0.39 is 15.9 Å². The van der Waals surface area contributed by atoms with Crippen LogP contribution in [0.2, 0.25) is 0 Å². The van der Waals surface area contributed by atoms with E-state index in [1.807, 2.05) is 13.0 Å². The number of carbonyl (C=O) groups is 1. The topological polar surface area (TPSA) is 88.8 Å². The second kappa shape index (κ2) is 8.36. The number of furan rings is 1. The number of aryl methyl sites for hydroxylation is 1. The first-order chi connectivity index (χ1) is 14.8. The summed E-state index contributed by atoms with van der Waals surface area (Å²) in [5.41, 5.74) is 1.80. The molecule has 31 heavy (non-hydrogen) atoms. The molecular weight excluding hydrogens is 416 g/mol. The molecule has 0 saturated carbocycles. The molecule has 4 rings (SSSR count). The highest BCUT2D eigenvalue weighted by atomic mass is 32.2. The van der Waals surface area contributed by atoms with Gasteiger partial charge >= 0.3 is 0 Å². The highest BCUT2D eigenvalue weighted by molar-refractivity contribution is 7.89. The van der Waals surface area contributed by atoms with E-state index in [9.17, 15) is 13.2 Å². The van der Waals surface area contributed by atoms with Crippen LogP contribution in [0.5, 0.6) is 5.75 Å². The van der Waals surface area contributed by atoms with Gasteiger partial charge in [0.25, 0.3) is 5.91 Å². The zero-order valence-corrected chi connectivity index (χ0v) is 18.7. The minimum Gasteiger partial charge on any atom is -0.497 e. The third kappa shape index (κ3) is 4.18. The van der Waals surface area contributed by atoms with E-state index in [0.29, 0.717) is 41.6 Å². The van der Waals surface area contributed by atoms with Crippen molar-refractivity contribution in [2.75, 3.05) is 25.5 Å². The summed E-state index contributed by atoms with van der Waals surface area (Å²) < 4.78 is 38.2. The van der Waals surface area contributed by atoms with Crippen LogP contribution in [0, 0.1) is 12.8 Å². The maximum Gasteiger partial charge on any atom is 0.291 e. The molecule has 1 saturated heterocycles. The van der Waals surface area contributed by atoms with Crippen molar-refractivity contribution < 1.29 is 22.4 Å². The number of fused-ring (bicyclic) bond motifs is 1. The summed E-state index contributed by atoms with van der Waals surface area (Å²) in [5.74, 6) is 1.05. The molecule has 0 atom stereocenters. The van der Waals surface area contributed by atoms with Gasteiger partial charge in [-0.2, -0.15) is 4.31 Å². The van der Waals surface area contributed by atoms with Crippen LogP contribution in [0.4, 0.5) is 5.69 Å². The van der Waals surface area contributed by atoms with E-state index in [0.717, 1.165) is 18.2 Å². The van der Waals surface area contributed by atoms with Crippen LogP contribution in [-0.2, 0) is 10.0 Å². The largest absolute Gasteiger partial charge is 0.497 e. The highest BCUT2D eigenvalue weighted by Gasteiger charge is 2.28. The minimum absolute atomic E-state index is 0.211. The van der Waals surface area contributed by atoms with Crippen molar-refractivity contribution in [2.24, 2.45) is 5.92 Å². The molecule has 7 nitrogen and oxygen atoms in total. The Hall–Kier alpha value is -2.84. The monoisotopic (exact) mass is 442 g/mol. The smallest absolute Gasteiger partial charge is 0.291 e. The van der Waals surface area contributed by atoms with Crippen molar-refractivity contribution >= 4 is 32.6 Å². The lowest BCUT2D eigenvalue weighted by Crippen LogP contribution is -2.37. The number of hydrogen-bond acceptors (Lipinski definition) is 5. The molecule has 1 aliphatic rings. The van der Waals surface area contributed by atoms with Crippen LogP contribution in [-0.4, -0.2) is 38.8 Å². The summed E-state index contributed by atoms with van der Waals surface area (Å²) >= 11 is 0. The summed E-state index contributed by atoms with van der Waals surface area (Å²) in [4.78, 5) is 13.0. The zero-order valence-electron chi connectivity index (χ0n) is 17.8. The van der Waals surface area contributed by atoms with Crippen molar-refractivity contribution in [1.82, 2.24) is 4.31 Å². The maximum absolute atomic E-state index is 12.9. The summed E-state index contributed by atoms with van der Waals surface area (Å²) in [5, 5.41) is 3.59. The molecule has 0 radical (unpaired) electrons. The summed E-state index contributed by atoms with van der Waals surface area (Å²) in [6.45, 7) is 5.03. The average Bonchev–Trinajstić information content (AvgIpc) is 3.10. The van der Waals surface area contributed by atoms with Crippen LogP contribution in [0.25, 0.3) is 11.0 Å². The van der Waals surface area contributed by atoms with Crippen LogP contribution < -0.4 is 10.1 Å². The Labute approximate surface area is 182 Å². The summed E-state index contributed by atoms with van der Waals surface area (Å²) in [7, 11) is -1.94. The van der Waals surface area contributed by atoms with Crippen LogP contribution >= 0.6 is 0 Å². The fourth-order valence-corrected chi connectivity index (χ4v) is 5.29. The van der Waals surface area contributed by atoms with Gasteiger partial charge in [0.2, 0.25) is 10.0 Å². The predicted octanol–water partition coefficient (Wildman–Crippen LogP) is 4.42. The Morgan fingerprint density at radius 2 is 1.81 bits per heavy atom. The number of carbonyl (C=O) groups excluding carboxylic acids is 1. The van der Waals surface area contributed by atoms with Gasteiger partial charge in [-0.3, -0.25) is 4.79 Å². The number of sulfonamides is 1. The Bertz CT molecular complexity index is 1210. The Morgan fingerprint density at radius 1 is 1.13 bits per heavy atom. The van der Waals surface area contributed by atoms with Gasteiger partial charge in [0.1, 0.15) is 11.3 Å². The fraction of sp³-hybridized carbons (Fsp3) is 0.348. The molecule has 1 fully saturated rings. The molecule has 2 aromatic carbocycles. The number of nitrogens with one attached hydrogen (secondary N) is 1. The Morgan fingerprint density at radius 3 is 2.45 bits per heavy atom. The lowest BCUT2D eigenvalue weighted by molar-refractivity contribution is 0.0998. The zero-order chi connectivity index (χ0) is 22.2. The van der Waals surface area contributed by atoms with Gasteiger partial charge in [-0.05, 0) is 68.1 Å². The number of hydrogen-bond donors (Lipinski definition) is 1. The second-order valence-electron chi connectivity index (χ2n) is 7.98. The SMILES string of the molecule is COc1ccc2oc(C(=O)Nc3ccc(S(=O)(=O)N4CCC(C)CC4)cc3)c(C)c2c1. The minimum atomic E-state index is -3.52. The number of methoxy groups -OCH3 is 1. The normalized spacial score (nSPS) is 15.8. The molecule has 0 aliphatic carbocycles. The number of ether oxygens (including phenoxy) is 1. The third-order valence-electron chi connectivity index (χ3n) is 5.84. The van der Waals surface area contributed by atoms with Gasteiger partial charge in [0, 0.05) is 29.7 Å². The molecule has 1 aromatic heterocycles. The van der Waals surface area contributed by atoms with Gasteiger partial charge in [-0.15, -0.1) is 0 Å². The second-order valence-corrected chi connectivity index (χ2v) is 9.92. The molecule has 0 unspecified atom stereocenters. The fourth-order valence-electron chi connectivity index (χ4n) is 3.82. The molecular formula is C23H26N2O5S. The van der Waals surface area contributed by atoms with Gasteiger partial charge in [-0.1, -0.05) is 6.92 Å². The number of piperidine rings is 1. The van der Waals surface area contributed by atoms with Crippen molar-refractivity contribution in [1.29, 1.82) is 0 Å². The molecule has 1 amide bonds. The van der Waals surface area contributed by atoms with Crippen LogP contribution in [0.1, 0.15) is 35.9 Å². The van der Waals surface area contributed by atoms with Gasteiger partial charge in [0.15, 0.2) is 5.76 Å². The predicted molar refractivity (Wildman–Crippen MR) is 119 cm³/mol. The number of rotatable bonds is 5. The highest BCUT2D eigenvalue weighted by Crippen LogP contribution is 2.30. The lowest BCUT2D eigenvalue weighted by atomic mass is 10.0. The van der Waals surface area contributed by atoms with E-state index in [1.165, 1.54) is 16.4 Å². The molecule has 164 valence electrons. The summed E-state index contributed by atoms with van der Waals surface area (Å²) in [6.07, 6.45) is 1.74. The van der Waals surface area contributed by atoms with Crippen LogP contribution in [0.15, 0.2) is 51.8 Å². The Balaban J connectivity index is 1.51. The molecule has 8 heteroatoms. The first-order valence-corrected chi connectivity index (χ1v) is 11.7. The molecule has 0 spiro atoms. The molecule has 0 bridgehead atoms. The lowest BCUT2D eigenvalue weighted by Gasteiger charge is -2.29. The molecule has 1 aliphatic heterocycles. The quantitative estimate of drug-likeness (QED) is 0.632. The van der Waals surface area contributed by atoms with Crippen molar-refractivity contribution in [3.8, 4) is 5.75 Å². The van der Waals surface area contributed by atoms with Gasteiger partial charge < -0.3 is 14.5 Å². The van der Waals surface area contributed by atoms with E-state index >= 15 is 0 Å². The molecule has 3 aromatic rings. The van der Waals surface area contributed by atoms with E-state index in [4.69, 9.17) is 9.15 Å². The van der Waals surface area contributed by atoms with Crippen molar-refractivity contribution in [3.63, 3.8) is 0 Å². The van der Waals surface area contributed by atoms with Crippen LogP contribution in [0.3, 0.4) is 0 Å². The standard InChI is InChI=1S/C23H26N2O5S/c1-15-10-12-25(13-11-15)31(27,28)19-7-4-17(5-8-19)24-23(26)22-16(2)20-14-18(29-3)6-9-21(20)30-22/h4-9,14-15H,10-13H2,1-3H3,(H,24,26). The molecule has 2 heterocycles. The number of amides is 1. The van der Waals surface area contributed by atoms with Crippen molar-refractivity contribution in [3.05, 3.63) is 53.8 Å². The number of nitrogens with zero attached hydrogens (tertiary/aromatic N) is 1. The van der Waals surface area contributed by atoms with E-state index in [1.54, 1.807) is 31.4 Å². The van der Waals surface area contributed by atoms with E-state index in [2.05, 4.69) is 12.2 Å². The average molecular weight is 443 g/mol. The first kappa shape index (κ1) is 21.4. The van der Waals surface area contributed by atoms with Gasteiger partial charge in [0.05, 0.1) is 12.0 Å². The summed E-state index contributed by atoms with van der Waals surface area (Å²) in [6, 6.07) is 11.6. The molecule has 1 N–H and O–H groups in total. The Kier molecular flexibility index (Phi) is 5.77. The third-order valence-corrected chi connectivity index (χ3v) is 7.76. The maximum atomic E-state index is 12.9.